The first-order chi connectivity index (χ1) is 41.1. The lowest BCUT2D eigenvalue weighted by molar-refractivity contribution is -0.0655. The minimum absolute atomic E-state index is 0.0632. The van der Waals surface area contributed by atoms with Crippen LogP contribution in [0.3, 0.4) is 0 Å². The van der Waals surface area contributed by atoms with E-state index in [1.807, 2.05) is 66.7 Å². The fraction of sp³-hybridized carbons (Fsp3) is 0.686. The predicted octanol–water partition coefficient (Wildman–Crippen LogP) is 15.3. The van der Waals surface area contributed by atoms with E-state index in [4.69, 9.17) is 46.9 Å². The summed E-state index contributed by atoms with van der Waals surface area (Å²) in [6.07, 6.45) is 16.3. The van der Waals surface area contributed by atoms with E-state index in [0.717, 1.165) is 83.0 Å². The topological polar surface area (TPSA) is 148 Å². The number of carbonyl (C=O) groups excluding carboxylic acids is 1. The molecule has 3 saturated carbocycles. The normalized spacial score (nSPS) is 24.1. The third-order valence-electron chi connectivity index (χ3n) is 19.2. The minimum Gasteiger partial charge on any atom is -0.497 e. The number of amides is 1. The van der Waals surface area contributed by atoms with Crippen molar-refractivity contribution in [2.75, 3.05) is 86.8 Å². The quantitative estimate of drug-likeness (QED) is 0.0253. The molecule has 7 rings (SSSR count). The first-order valence-corrected chi connectivity index (χ1v) is 33.4. The Morgan fingerprint density at radius 1 is 0.706 bits per heavy atom. The number of hydrogen-bond acceptors (Lipinski definition) is 13. The summed E-state index contributed by atoms with van der Waals surface area (Å²) in [5, 5.41) is 12.4. The third kappa shape index (κ3) is 18.3. The van der Waals surface area contributed by atoms with E-state index in [2.05, 4.69) is 96.6 Å². The molecule has 472 valence electrons. The van der Waals surface area contributed by atoms with E-state index in [1.165, 1.54) is 51.4 Å². The molecule has 0 aliphatic heterocycles. The second-order valence-electron chi connectivity index (χ2n) is 25.8. The van der Waals surface area contributed by atoms with Crippen LogP contribution in [0.4, 0.5) is 4.79 Å². The van der Waals surface area contributed by atoms with Gasteiger partial charge in [-0.1, -0.05) is 120 Å². The number of benzene rings is 3. The van der Waals surface area contributed by atoms with E-state index in [9.17, 15) is 10.1 Å². The number of alkyl carbamates (subject to hydrolysis) is 1. The van der Waals surface area contributed by atoms with Crippen LogP contribution in [0, 0.1) is 57.7 Å². The summed E-state index contributed by atoms with van der Waals surface area (Å²) in [5.74, 6) is 6.35. The van der Waals surface area contributed by atoms with Gasteiger partial charge >= 0.3 is 6.09 Å². The smallest absolute Gasteiger partial charge is 0.407 e. The highest BCUT2D eigenvalue weighted by molar-refractivity contribution is 7.44. The maximum Gasteiger partial charge on any atom is 0.407 e. The number of fused-ring (bicyclic) bond motifs is 5. The van der Waals surface area contributed by atoms with Gasteiger partial charge in [0.15, 0.2) is 0 Å². The second-order valence-corrected chi connectivity index (χ2v) is 27.2. The molecule has 14 nitrogen and oxygen atoms in total. The highest BCUT2D eigenvalue weighted by atomic mass is 31.2. The monoisotopic (exact) mass is 1200 g/mol. The van der Waals surface area contributed by atoms with Crippen molar-refractivity contribution in [2.45, 2.75) is 176 Å². The van der Waals surface area contributed by atoms with Crippen LogP contribution in [0.5, 0.6) is 11.5 Å². The number of hydrogen-bond donors (Lipinski definition) is 1. The summed E-state index contributed by atoms with van der Waals surface area (Å²) < 4.78 is 63.9. The first-order valence-electron chi connectivity index (χ1n) is 32.3. The Kier molecular flexibility index (Phi) is 27.4. The van der Waals surface area contributed by atoms with Crippen LogP contribution in [-0.2, 0) is 43.1 Å². The van der Waals surface area contributed by atoms with Crippen LogP contribution in [0.2, 0.25) is 0 Å². The molecule has 1 amide bonds. The van der Waals surface area contributed by atoms with Crippen molar-refractivity contribution < 1.29 is 51.7 Å². The van der Waals surface area contributed by atoms with Gasteiger partial charge in [-0.05, 0) is 166 Å². The Labute approximate surface area is 513 Å². The number of rotatable bonds is 37. The summed E-state index contributed by atoms with van der Waals surface area (Å²) >= 11 is 0. The molecular weight excluding hydrogens is 1090 g/mol. The highest BCUT2D eigenvalue weighted by Gasteiger charge is 2.59. The number of nitriles is 1. The van der Waals surface area contributed by atoms with Crippen LogP contribution in [-0.4, -0.2) is 122 Å². The van der Waals surface area contributed by atoms with Crippen LogP contribution >= 0.6 is 8.53 Å². The van der Waals surface area contributed by atoms with Crippen molar-refractivity contribution in [1.29, 1.82) is 5.26 Å². The zero-order valence-electron chi connectivity index (χ0n) is 53.7. The molecule has 10 atom stereocenters. The van der Waals surface area contributed by atoms with Gasteiger partial charge in [-0.2, -0.15) is 5.26 Å². The highest BCUT2D eigenvalue weighted by Crippen LogP contribution is 2.67. The van der Waals surface area contributed by atoms with Crippen molar-refractivity contribution in [3.05, 3.63) is 107 Å². The minimum atomic E-state index is -1.63. The fourth-order valence-corrected chi connectivity index (χ4v) is 16.7. The molecule has 2 unspecified atom stereocenters. The maximum absolute atomic E-state index is 13.0. The lowest BCUT2D eigenvalue weighted by Gasteiger charge is -2.58. The van der Waals surface area contributed by atoms with Gasteiger partial charge < -0.3 is 52.3 Å². The molecule has 4 aliphatic rings. The summed E-state index contributed by atoms with van der Waals surface area (Å²) in [6, 6.07) is 28.4. The van der Waals surface area contributed by atoms with Crippen molar-refractivity contribution in [3.8, 4) is 17.6 Å². The number of carbonyl (C=O) groups is 1. The average Bonchev–Trinajstić information content (AvgIpc) is 1.84. The summed E-state index contributed by atoms with van der Waals surface area (Å²) in [5.41, 5.74) is 3.91. The number of ether oxygens (including phenoxy) is 8. The second kappa shape index (κ2) is 34.0. The summed E-state index contributed by atoms with van der Waals surface area (Å²) in [7, 11) is 1.68. The molecule has 85 heavy (non-hydrogen) atoms. The van der Waals surface area contributed by atoms with E-state index in [-0.39, 0.29) is 55.9 Å². The van der Waals surface area contributed by atoms with Crippen molar-refractivity contribution in [1.82, 2.24) is 9.99 Å². The Bertz CT molecular complexity index is 2440. The molecule has 15 heteroatoms. The van der Waals surface area contributed by atoms with Crippen molar-refractivity contribution >= 4 is 14.6 Å². The Balaban J connectivity index is 0.814. The van der Waals surface area contributed by atoms with Crippen molar-refractivity contribution in [3.63, 3.8) is 0 Å². The van der Waals surface area contributed by atoms with Gasteiger partial charge in [-0.3, -0.25) is 0 Å². The van der Waals surface area contributed by atoms with Gasteiger partial charge in [0.05, 0.1) is 86.2 Å². The molecule has 0 spiro atoms. The Hall–Kier alpha value is -4.13. The molecule has 3 aromatic carbocycles. The molecule has 3 aromatic rings. The van der Waals surface area contributed by atoms with Gasteiger partial charge in [-0.25, -0.2) is 9.46 Å². The van der Waals surface area contributed by atoms with Crippen molar-refractivity contribution in [2.24, 2.45) is 46.3 Å². The Morgan fingerprint density at radius 2 is 1.32 bits per heavy atom. The lowest BCUT2D eigenvalue weighted by Crippen LogP contribution is -2.51. The SMILES string of the molecule is COc1ccc(C(OCC(COCCOCCOCCOCCCNC(=O)O[C@H]2CC[C@@]3(C)C(=CC[C@H]4[C@@H]5CC[C@H]([C@H](C)CCCC(C)C)[C@@]5(C)CC[C@@H]43)C2)OP(OCCC#N)N(C(C)C)C(C)C)(c2ccccc2)c2ccc(OC)cc2)cc1. The molecule has 0 heterocycles. The van der Waals surface area contributed by atoms with Crippen LogP contribution in [0.25, 0.3) is 0 Å². The molecule has 0 aromatic heterocycles. The number of methoxy groups -OCH3 is 2. The van der Waals surface area contributed by atoms with Gasteiger partial charge in [0.25, 0.3) is 8.53 Å². The molecule has 4 aliphatic carbocycles. The molecule has 1 N–H and O–H groups in total. The van der Waals surface area contributed by atoms with E-state index in [0.29, 0.717) is 64.6 Å². The first kappa shape index (κ1) is 68.4. The summed E-state index contributed by atoms with van der Waals surface area (Å²) in [4.78, 5) is 13.0. The molecule has 0 bridgehead atoms. The van der Waals surface area contributed by atoms with E-state index >= 15 is 0 Å². The zero-order valence-corrected chi connectivity index (χ0v) is 54.6. The lowest BCUT2D eigenvalue weighted by atomic mass is 9.47. The van der Waals surface area contributed by atoms with Crippen LogP contribution in [0.15, 0.2) is 90.5 Å². The number of allylic oxidation sites excluding steroid dienone is 1. The number of nitrogens with zero attached hydrogens (tertiary/aromatic N) is 2. The molecule has 0 radical (unpaired) electrons. The average molecular weight is 1200 g/mol. The standard InChI is InChI=1S/C70H106N3O11P/c1-51(2)18-15-19-54(7)64-32-33-65-63-31-26-58-48-61(34-36-68(58,8)66(63)35-37-69(64,65)9)83-67(74)72-39-17-40-77-42-43-78-44-45-79-46-47-80-49-62(84-85(82-41-16-38-71)73(52(3)4)53(5)6)50-81-70(55-20-13-12-14-21-55,56-22-27-59(75-10)28-23-56)57-24-29-60(76-11)30-25-57/h12-14,20-30,51-54,61-66H,15-19,31-37,39-50H2,1-11H3,(H,72,74)/t54-,61+,62?,63+,64-,65+,66+,68+,69-,85?/m1/s1. The molecule has 3 fully saturated rings. The van der Waals surface area contributed by atoms with Gasteiger partial charge in [-0.15, -0.1) is 0 Å². The van der Waals surface area contributed by atoms with Gasteiger partial charge in [0, 0.05) is 31.7 Å². The number of nitrogens with one attached hydrogen (secondary N) is 1. The predicted molar refractivity (Wildman–Crippen MR) is 338 cm³/mol. The maximum atomic E-state index is 13.0. The van der Waals surface area contributed by atoms with Crippen LogP contribution in [0.1, 0.15) is 162 Å². The van der Waals surface area contributed by atoms with E-state index in [1.54, 1.807) is 19.8 Å². The largest absolute Gasteiger partial charge is 0.497 e. The van der Waals surface area contributed by atoms with Gasteiger partial charge in [0.2, 0.25) is 0 Å². The van der Waals surface area contributed by atoms with E-state index < -0.39 is 20.2 Å². The van der Waals surface area contributed by atoms with Crippen LogP contribution < -0.4 is 14.8 Å². The Morgan fingerprint density at radius 3 is 1.92 bits per heavy atom. The molecule has 0 saturated heterocycles. The van der Waals surface area contributed by atoms with Gasteiger partial charge in [0.1, 0.15) is 29.3 Å². The zero-order chi connectivity index (χ0) is 60.8. The fourth-order valence-electron chi connectivity index (χ4n) is 15.0. The summed E-state index contributed by atoms with van der Waals surface area (Å²) in [6.45, 7) is 24.9. The third-order valence-corrected chi connectivity index (χ3v) is 21.4. The molecular formula is C70H106N3O11P.